The first-order chi connectivity index (χ1) is 6.33. The lowest BCUT2D eigenvalue weighted by molar-refractivity contribution is 0.739. The number of hydrogen-bond acceptors (Lipinski definition) is 3. The number of aromatic nitrogens is 2. The van der Waals surface area contributed by atoms with E-state index in [0.717, 1.165) is 31.4 Å². The molecule has 0 bridgehead atoms. The molecule has 4 nitrogen and oxygen atoms in total. The monoisotopic (exact) mass is 180 g/mol. The summed E-state index contributed by atoms with van der Waals surface area (Å²) in [5.74, 6) is 1.81. The van der Waals surface area contributed by atoms with E-state index in [1.807, 2.05) is 0 Å². The van der Waals surface area contributed by atoms with E-state index in [1.165, 1.54) is 12.8 Å². The molecule has 1 aromatic heterocycles. The van der Waals surface area contributed by atoms with Gasteiger partial charge >= 0.3 is 0 Å². The lowest BCUT2D eigenvalue weighted by Gasteiger charge is -2.17. The fourth-order valence-electron chi connectivity index (χ4n) is 1.87. The van der Waals surface area contributed by atoms with Gasteiger partial charge in [0.25, 0.3) is 0 Å². The van der Waals surface area contributed by atoms with Crippen molar-refractivity contribution in [2.75, 3.05) is 23.7 Å². The zero-order valence-electron chi connectivity index (χ0n) is 8.03. The van der Waals surface area contributed by atoms with Crippen LogP contribution in [0.3, 0.4) is 0 Å². The molecule has 2 heterocycles. The summed E-state index contributed by atoms with van der Waals surface area (Å²) in [5, 5.41) is 0. The summed E-state index contributed by atoms with van der Waals surface area (Å²) in [7, 11) is 0. The van der Waals surface area contributed by atoms with Crippen LogP contribution in [0, 0.1) is 0 Å². The van der Waals surface area contributed by atoms with Gasteiger partial charge in [-0.1, -0.05) is 0 Å². The molecular formula is C9H16N4. The first-order valence-electron chi connectivity index (χ1n) is 4.89. The summed E-state index contributed by atoms with van der Waals surface area (Å²) < 4.78 is 2.06. The maximum Gasteiger partial charge on any atom is 0.207 e. The van der Waals surface area contributed by atoms with E-state index in [-0.39, 0.29) is 0 Å². The molecule has 0 spiro atoms. The van der Waals surface area contributed by atoms with E-state index >= 15 is 0 Å². The van der Waals surface area contributed by atoms with Crippen molar-refractivity contribution in [3.63, 3.8) is 0 Å². The van der Waals surface area contributed by atoms with Crippen molar-refractivity contribution in [1.29, 1.82) is 0 Å². The van der Waals surface area contributed by atoms with Crippen LogP contribution in [0.15, 0.2) is 6.20 Å². The third-order valence-electron chi connectivity index (χ3n) is 2.57. The molecule has 2 rings (SSSR count). The second-order valence-electron chi connectivity index (χ2n) is 3.42. The molecule has 0 aromatic carbocycles. The van der Waals surface area contributed by atoms with E-state index in [4.69, 9.17) is 5.73 Å². The van der Waals surface area contributed by atoms with Crippen molar-refractivity contribution in [3.8, 4) is 0 Å². The number of nitrogens with two attached hydrogens (primary N) is 1. The molecule has 72 valence electrons. The number of hydrogen-bond donors (Lipinski definition) is 1. The fraction of sp³-hybridized carbons (Fsp3) is 0.667. The Balaban J connectivity index is 2.27. The Labute approximate surface area is 78.4 Å². The molecule has 0 aliphatic carbocycles. The van der Waals surface area contributed by atoms with Gasteiger partial charge in [-0.2, -0.15) is 0 Å². The number of rotatable bonds is 2. The van der Waals surface area contributed by atoms with Gasteiger partial charge in [-0.25, -0.2) is 4.98 Å². The first-order valence-corrected chi connectivity index (χ1v) is 4.89. The van der Waals surface area contributed by atoms with Gasteiger partial charge in [0.1, 0.15) is 5.82 Å². The normalized spacial score (nSPS) is 16.8. The third kappa shape index (κ3) is 1.36. The molecule has 1 aliphatic rings. The van der Waals surface area contributed by atoms with E-state index in [1.54, 1.807) is 6.20 Å². The van der Waals surface area contributed by atoms with Gasteiger partial charge in [0, 0.05) is 19.6 Å². The van der Waals surface area contributed by atoms with Crippen LogP contribution in [0.1, 0.15) is 19.8 Å². The van der Waals surface area contributed by atoms with Crippen LogP contribution in [0.4, 0.5) is 11.8 Å². The molecule has 0 saturated carbocycles. The average molecular weight is 180 g/mol. The van der Waals surface area contributed by atoms with Gasteiger partial charge in [0.2, 0.25) is 5.95 Å². The first kappa shape index (κ1) is 8.41. The zero-order valence-corrected chi connectivity index (χ0v) is 8.03. The minimum Gasteiger partial charge on any atom is -0.384 e. The molecule has 0 amide bonds. The SMILES string of the molecule is CCn1c(N)cnc1N1CCCC1. The molecule has 1 aromatic rings. The van der Waals surface area contributed by atoms with Gasteiger partial charge in [0.05, 0.1) is 6.20 Å². The molecule has 0 atom stereocenters. The Kier molecular flexibility index (Phi) is 2.12. The number of imidazole rings is 1. The second-order valence-corrected chi connectivity index (χ2v) is 3.42. The highest BCUT2D eigenvalue weighted by molar-refractivity contribution is 5.42. The number of anilines is 2. The minimum absolute atomic E-state index is 0.768. The summed E-state index contributed by atoms with van der Waals surface area (Å²) in [4.78, 5) is 6.64. The average Bonchev–Trinajstić information content (AvgIpc) is 2.71. The Morgan fingerprint density at radius 3 is 2.77 bits per heavy atom. The van der Waals surface area contributed by atoms with Gasteiger partial charge in [-0.05, 0) is 19.8 Å². The van der Waals surface area contributed by atoms with Crippen LogP contribution >= 0.6 is 0 Å². The van der Waals surface area contributed by atoms with E-state index in [9.17, 15) is 0 Å². The highest BCUT2D eigenvalue weighted by Gasteiger charge is 2.17. The molecule has 2 N–H and O–H groups in total. The predicted octanol–water partition coefficient (Wildman–Crippen LogP) is 1.09. The van der Waals surface area contributed by atoms with Crippen LogP contribution in [-0.2, 0) is 6.54 Å². The second kappa shape index (κ2) is 3.28. The number of nitrogens with zero attached hydrogens (tertiary/aromatic N) is 3. The Hall–Kier alpha value is -1.19. The highest BCUT2D eigenvalue weighted by atomic mass is 15.3. The van der Waals surface area contributed by atoms with E-state index < -0.39 is 0 Å². The molecular weight excluding hydrogens is 164 g/mol. The van der Waals surface area contributed by atoms with E-state index in [0.29, 0.717) is 0 Å². The van der Waals surface area contributed by atoms with Crippen LogP contribution in [-0.4, -0.2) is 22.6 Å². The van der Waals surface area contributed by atoms with E-state index in [2.05, 4.69) is 21.4 Å². The van der Waals surface area contributed by atoms with Crippen molar-refractivity contribution in [2.24, 2.45) is 0 Å². The summed E-state index contributed by atoms with van der Waals surface area (Å²) in [5.41, 5.74) is 5.79. The van der Waals surface area contributed by atoms with Crippen LogP contribution in [0.5, 0.6) is 0 Å². The van der Waals surface area contributed by atoms with Crippen LogP contribution in [0.2, 0.25) is 0 Å². The summed E-state index contributed by atoms with van der Waals surface area (Å²) in [6.45, 7) is 5.24. The largest absolute Gasteiger partial charge is 0.384 e. The Morgan fingerprint density at radius 1 is 1.46 bits per heavy atom. The smallest absolute Gasteiger partial charge is 0.207 e. The zero-order chi connectivity index (χ0) is 9.26. The standard InChI is InChI=1S/C9H16N4/c1-2-13-8(10)7-11-9(13)12-5-3-4-6-12/h7H,2-6,10H2,1H3. The van der Waals surface area contributed by atoms with Crippen molar-refractivity contribution in [3.05, 3.63) is 6.20 Å². The maximum absolute atomic E-state index is 5.79. The number of nitrogen functional groups attached to an aromatic ring is 1. The van der Waals surface area contributed by atoms with Gasteiger partial charge in [0.15, 0.2) is 0 Å². The third-order valence-corrected chi connectivity index (χ3v) is 2.57. The molecule has 0 unspecified atom stereocenters. The summed E-state index contributed by atoms with van der Waals surface area (Å²) in [6.07, 6.45) is 4.30. The molecule has 0 radical (unpaired) electrons. The Morgan fingerprint density at radius 2 is 2.15 bits per heavy atom. The topological polar surface area (TPSA) is 47.1 Å². The molecule has 13 heavy (non-hydrogen) atoms. The molecule has 1 aliphatic heterocycles. The lowest BCUT2D eigenvalue weighted by Crippen LogP contribution is -2.22. The molecule has 1 saturated heterocycles. The lowest BCUT2D eigenvalue weighted by atomic mass is 10.4. The highest BCUT2D eigenvalue weighted by Crippen LogP contribution is 2.21. The molecule has 1 fully saturated rings. The quantitative estimate of drug-likeness (QED) is 0.741. The van der Waals surface area contributed by atoms with Crippen molar-refractivity contribution < 1.29 is 0 Å². The minimum atomic E-state index is 0.768. The van der Waals surface area contributed by atoms with Gasteiger partial charge in [-0.3, -0.25) is 4.57 Å². The Bertz CT molecular complexity index is 286. The van der Waals surface area contributed by atoms with Crippen molar-refractivity contribution >= 4 is 11.8 Å². The maximum atomic E-state index is 5.79. The van der Waals surface area contributed by atoms with Crippen molar-refractivity contribution in [1.82, 2.24) is 9.55 Å². The van der Waals surface area contributed by atoms with Gasteiger partial charge in [-0.15, -0.1) is 0 Å². The van der Waals surface area contributed by atoms with Crippen LogP contribution < -0.4 is 10.6 Å². The fourth-order valence-corrected chi connectivity index (χ4v) is 1.87. The van der Waals surface area contributed by atoms with Crippen LogP contribution in [0.25, 0.3) is 0 Å². The predicted molar refractivity (Wildman–Crippen MR) is 53.8 cm³/mol. The summed E-state index contributed by atoms with van der Waals surface area (Å²) in [6, 6.07) is 0. The summed E-state index contributed by atoms with van der Waals surface area (Å²) >= 11 is 0. The molecule has 4 heteroatoms. The van der Waals surface area contributed by atoms with Crippen molar-refractivity contribution in [2.45, 2.75) is 26.3 Å². The van der Waals surface area contributed by atoms with Gasteiger partial charge < -0.3 is 10.6 Å².